The third-order valence-electron chi connectivity index (χ3n) is 6.41. The first-order valence-corrected chi connectivity index (χ1v) is 11.1. The summed E-state index contributed by atoms with van der Waals surface area (Å²) in [4.78, 5) is 24.9. The average Bonchev–Trinajstić information content (AvgIpc) is 2.78. The second-order valence-electron chi connectivity index (χ2n) is 8.19. The molecule has 2 aliphatic rings. The van der Waals surface area contributed by atoms with Gasteiger partial charge >= 0.3 is 0 Å². The molecule has 30 heavy (non-hydrogen) atoms. The fourth-order valence-corrected chi connectivity index (χ4v) is 5.05. The van der Waals surface area contributed by atoms with Gasteiger partial charge in [0.15, 0.2) is 0 Å². The van der Waals surface area contributed by atoms with E-state index in [2.05, 4.69) is 39.1 Å². The third-order valence-corrected chi connectivity index (χ3v) is 6.73. The van der Waals surface area contributed by atoms with Gasteiger partial charge in [0.05, 0.1) is 5.52 Å². The van der Waals surface area contributed by atoms with E-state index >= 15 is 0 Å². The SMILES string of the molecule is CC(=O)N1CCN(c2ncnc3cc(-c4cccc5c4CCCC5)c(Cl)cc23)CC1. The van der Waals surface area contributed by atoms with E-state index in [4.69, 9.17) is 11.6 Å². The largest absolute Gasteiger partial charge is 0.352 e. The van der Waals surface area contributed by atoms with Crippen LogP contribution in [-0.4, -0.2) is 47.0 Å². The number of amides is 1. The van der Waals surface area contributed by atoms with Crippen molar-refractivity contribution in [3.63, 3.8) is 0 Å². The molecule has 0 bridgehead atoms. The quantitative estimate of drug-likeness (QED) is 0.612. The Kier molecular flexibility index (Phi) is 5.07. The third kappa shape index (κ3) is 3.41. The van der Waals surface area contributed by atoms with Crippen molar-refractivity contribution in [1.82, 2.24) is 14.9 Å². The molecule has 154 valence electrons. The van der Waals surface area contributed by atoms with E-state index < -0.39 is 0 Å². The Bertz CT molecular complexity index is 1120. The van der Waals surface area contributed by atoms with Gasteiger partial charge in [-0.05, 0) is 54.5 Å². The predicted octanol–water partition coefficient (Wildman–Crippen LogP) is 4.50. The van der Waals surface area contributed by atoms with Crippen LogP contribution >= 0.6 is 11.6 Å². The minimum Gasteiger partial charge on any atom is -0.352 e. The molecule has 1 amide bonds. The van der Waals surface area contributed by atoms with Crippen molar-refractivity contribution in [2.45, 2.75) is 32.6 Å². The molecule has 1 fully saturated rings. The van der Waals surface area contributed by atoms with Gasteiger partial charge in [-0.3, -0.25) is 4.79 Å². The Balaban J connectivity index is 1.54. The summed E-state index contributed by atoms with van der Waals surface area (Å²) in [6.07, 6.45) is 6.37. The summed E-state index contributed by atoms with van der Waals surface area (Å²) < 4.78 is 0. The molecule has 0 N–H and O–H groups in total. The van der Waals surface area contributed by atoms with Crippen LogP contribution in [0.15, 0.2) is 36.7 Å². The van der Waals surface area contributed by atoms with Gasteiger partial charge in [-0.15, -0.1) is 0 Å². The van der Waals surface area contributed by atoms with Crippen molar-refractivity contribution in [1.29, 1.82) is 0 Å². The molecule has 0 unspecified atom stereocenters. The number of carbonyl (C=O) groups is 1. The van der Waals surface area contributed by atoms with Gasteiger partial charge in [0.25, 0.3) is 0 Å². The molecule has 0 atom stereocenters. The van der Waals surface area contributed by atoms with Gasteiger partial charge in [-0.2, -0.15) is 0 Å². The second-order valence-corrected chi connectivity index (χ2v) is 8.60. The van der Waals surface area contributed by atoms with Gasteiger partial charge in [-0.25, -0.2) is 9.97 Å². The number of carbonyl (C=O) groups excluding carboxylic acids is 1. The first kappa shape index (κ1) is 19.3. The van der Waals surface area contributed by atoms with Crippen molar-refractivity contribution in [2.75, 3.05) is 31.1 Å². The molecule has 3 aromatic rings. The van der Waals surface area contributed by atoms with Crippen molar-refractivity contribution < 1.29 is 4.79 Å². The molecule has 5 nitrogen and oxygen atoms in total. The Morgan fingerprint density at radius 2 is 1.80 bits per heavy atom. The molecule has 1 aliphatic heterocycles. The summed E-state index contributed by atoms with van der Waals surface area (Å²) in [5, 5.41) is 1.70. The Hall–Kier alpha value is -2.66. The number of benzene rings is 2. The maximum absolute atomic E-state index is 11.6. The smallest absolute Gasteiger partial charge is 0.219 e. The van der Waals surface area contributed by atoms with Gasteiger partial charge in [0.1, 0.15) is 12.1 Å². The van der Waals surface area contributed by atoms with E-state index in [0.717, 1.165) is 53.2 Å². The van der Waals surface area contributed by atoms with Crippen molar-refractivity contribution in [2.24, 2.45) is 0 Å². The Labute approximate surface area is 181 Å². The highest BCUT2D eigenvalue weighted by Crippen LogP contribution is 2.38. The lowest BCUT2D eigenvalue weighted by Crippen LogP contribution is -2.48. The summed E-state index contributed by atoms with van der Waals surface area (Å²) in [7, 11) is 0. The first-order valence-electron chi connectivity index (χ1n) is 10.7. The Morgan fingerprint density at radius 1 is 1.00 bits per heavy atom. The first-order chi connectivity index (χ1) is 14.6. The average molecular weight is 421 g/mol. The van der Waals surface area contributed by atoms with E-state index in [-0.39, 0.29) is 5.91 Å². The van der Waals surface area contributed by atoms with Crippen LogP contribution in [0, 0.1) is 0 Å². The molecule has 6 heteroatoms. The molecule has 5 rings (SSSR count). The number of rotatable bonds is 2. The molecule has 0 saturated carbocycles. The molecule has 2 aromatic carbocycles. The maximum Gasteiger partial charge on any atom is 0.219 e. The summed E-state index contributed by atoms with van der Waals surface area (Å²) in [5.41, 5.74) is 6.06. The molecule has 1 aromatic heterocycles. The molecule has 0 spiro atoms. The zero-order chi connectivity index (χ0) is 20.7. The van der Waals surface area contributed by atoms with Crippen molar-refractivity contribution >= 4 is 34.2 Å². The number of hydrogen-bond acceptors (Lipinski definition) is 4. The van der Waals surface area contributed by atoms with Crippen LogP contribution in [0.5, 0.6) is 0 Å². The van der Waals surface area contributed by atoms with Crippen LogP contribution in [-0.2, 0) is 17.6 Å². The highest BCUT2D eigenvalue weighted by atomic mass is 35.5. The van der Waals surface area contributed by atoms with Gasteiger partial charge < -0.3 is 9.80 Å². The van der Waals surface area contributed by atoms with Crippen LogP contribution in [0.25, 0.3) is 22.0 Å². The van der Waals surface area contributed by atoms with E-state index in [9.17, 15) is 4.79 Å². The number of fused-ring (bicyclic) bond motifs is 2. The van der Waals surface area contributed by atoms with Crippen LogP contribution in [0.1, 0.15) is 30.9 Å². The lowest BCUT2D eigenvalue weighted by Gasteiger charge is -2.35. The maximum atomic E-state index is 11.6. The number of piperazine rings is 1. The van der Waals surface area contributed by atoms with Crippen LogP contribution in [0.2, 0.25) is 5.02 Å². The number of halogens is 1. The normalized spacial score (nSPS) is 16.6. The van der Waals surface area contributed by atoms with E-state index in [1.165, 1.54) is 29.5 Å². The van der Waals surface area contributed by atoms with E-state index in [0.29, 0.717) is 13.1 Å². The van der Waals surface area contributed by atoms with Gasteiger partial charge in [-0.1, -0.05) is 29.8 Å². The highest BCUT2D eigenvalue weighted by molar-refractivity contribution is 6.34. The fourth-order valence-electron chi connectivity index (χ4n) is 4.79. The highest BCUT2D eigenvalue weighted by Gasteiger charge is 2.22. The van der Waals surface area contributed by atoms with Crippen molar-refractivity contribution in [3.05, 3.63) is 52.8 Å². The van der Waals surface area contributed by atoms with Crippen LogP contribution in [0.3, 0.4) is 0 Å². The fraction of sp³-hybridized carbons (Fsp3) is 0.375. The Morgan fingerprint density at radius 3 is 2.60 bits per heavy atom. The molecule has 1 saturated heterocycles. The minimum absolute atomic E-state index is 0.126. The second kappa shape index (κ2) is 7.88. The minimum atomic E-state index is 0.126. The summed E-state index contributed by atoms with van der Waals surface area (Å²) in [6.45, 7) is 4.57. The summed E-state index contributed by atoms with van der Waals surface area (Å²) in [5.74, 6) is 1.02. The van der Waals surface area contributed by atoms with Gasteiger partial charge in [0, 0.05) is 49.1 Å². The lowest BCUT2D eigenvalue weighted by molar-refractivity contribution is -0.129. The number of aromatic nitrogens is 2. The summed E-state index contributed by atoms with van der Waals surface area (Å²) in [6, 6.07) is 10.7. The number of anilines is 1. The molecular weight excluding hydrogens is 396 g/mol. The van der Waals surface area contributed by atoms with Gasteiger partial charge in [0.2, 0.25) is 5.91 Å². The van der Waals surface area contributed by atoms with Crippen LogP contribution < -0.4 is 4.90 Å². The molecule has 0 radical (unpaired) electrons. The van der Waals surface area contributed by atoms with Crippen molar-refractivity contribution in [3.8, 4) is 11.1 Å². The standard InChI is InChI=1S/C24H25ClN4O/c1-16(30)28-9-11-29(12-10-28)24-21-13-22(25)20(14-23(21)26-15-27-24)19-8-4-6-17-5-2-3-7-18(17)19/h4,6,8,13-15H,2-3,5,7,9-12H2,1H3. The molecular formula is C24H25ClN4O. The summed E-state index contributed by atoms with van der Waals surface area (Å²) >= 11 is 6.83. The zero-order valence-corrected chi connectivity index (χ0v) is 18.0. The van der Waals surface area contributed by atoms with Crippen LogP contribution in [0.4, 0.5) is 5.82 Å². The van der Waals surface area contributed by atoms with E-state index in [1.54, 1.807) is 13.3 Å². The number of hydrogen-bond donors (Lipinski definition) is 0. The monoisotopic (exact) mass is 420 g/mol. The van der Waals surface area contributed by atoms with E-state index in [1.807, 2.05) is 11.0 Å². The number of aryl methyl sites for hydroxylation is 1. The predicted molar refractivity (Wildman–Crippen MR) is 121 cm³/mol. The zero-order valence-electron chi connectivity index (χ0n) is 17.2. The topological polar surface area (TPSA) is 49.3 Å². The molecule has 1 aliphatic carbocycles. The lowest BCUT2D eigenvalue weighted by atomic mass is 9.86. The number of nitrogens with zero attached hydrogens (tertiary/aromatic N) is 4. The molecule has 2 heterocycles.